The second-order valence-corrected chi connectivity index (χ2v) is 2.82. The third kappa shape index (κ3) is 2.71. The maximum Gasteiger partial charge on any atom is 0.235 e. The van der Waals surface area contributed by atoms with E-state index in [0.29, 0.717) is 10.8 Å². The van der Waals surface area contributed by atoms with Crippen LogP contribution in [0, 0.1) is 0 Å². The van der Waals surface area contributed by atoms with E-state index in [2.05, 4.69) is 22.9 Å². The van der Waals surface area contributed by atoms with Gasteiger partial charge >= 0.3 is 0 Å². The largest absolute Gasteiger partial charge is 0.310 e. The van der Waals surface area contributed by atoms with E-state index < -0.39 is 0 Å². The van der Waals surface area contributed by atoms with E-state index >= 15 is 0 Å². The van der Waals surface area contributed by atoms with Crippen molar-refractivity contribution in [1.29, 1.82) is 0 Å². The van der Waals surface area contributed by atoms with E-state index in [9.17, 15) is 4.79 Å². The van der Waals surface area contributed by atoms with Gasteiger partial charge in [0, 0.05) is 6.20 Å². The van der Waals surface area contributed by atoms with Crippen molar-refractivity contribution in [3.63, 3.8) is 0 Å². The normalized spacial score (nSPS) is 9.50. The van der Waals surface area contributed by atoms with Crippen LogP contribution in [0.5, 0.6) is 0 Å². The van der Waals surface area contributed by atoms with Crippen LogP contribution in [0.15, 0.2) is 18.3 Å². The molecular weight excluding hydrogens is 196 g/mol. The maximum atomic E-state index is 10.8. The third-order valence-corrected chi connectivity index (χ3v) is 1.65. The number of hydrogen-bond donors (Lipinski definition) is 2. The van der Waals surface area contributed by atoms with Crippen LogP contribution in [0.4, 0.5) is 5.82 Å². The second kappa shape index (κ2) is 4.33. The third-order valence-electron chi connectivity index (χ3n) is 1.14. The van der Waals surface area contributed by atoms with Crippen LogP contribution in [0.1, 0.15) is 0 Å². The molecule has 0 fully saturated rings. The van der Waals surface area contributed by atoms with E-state index in [1.807, 2.05) is 0 Å². The number of thiol groups is 1. The highest BCUT2D eigenvalue weighted by atomic mass is 35.5. The molecule has 1 rings (SSSR count). The van der Waals surface area contributed by atoms with Crippen LogP contribution >= 0.6 is 24.2 Å². The molecule has 64 valence electrons. The van der Waals surface area contributed by atoms with Crippen molar-refractivity contribution >= 4 is 36.0 Å². The van der Waals surface area contributed by atoms with Gasteiger partial charge < -0.3 is 5.32 Å². The summed E-state index contributed by atoms with van der Waals surface area (Å²) in [6, 6.07) is 3.28. The number of anilines is 1. The fourth-order valence-corrected chi connectivity index (χ4v) is 0.823. The van der Waals surface area contributed by atoms with Crippen LogP contribution in [-0.2, 0) is 4.79 Å². The summed E-state index contributed by atoms with van der Waals surface area (Å²) >= 11 is 9.39. The molecule has 0 spiro atoms. The smallest absolute Gasteiger partial charge is 0.235 e. The predicted octanol–water partition coefficient (Wildman–Crippen LogP) is 1.60. The molecule has 5 heteroatoms. The molecule has 12 heavy (non-hydrogen) atoms. The Bertz CT molecular complexity index is 275. The lowest BCUT2D eigenvalue weighted by molar-refractivity contribution is -0.113. The zero-order chi connectivity index (χ0) is 8.97. The molecule has 0 unspecified atom stereocenters. The minimum atomic E-state index is -0.187. The van der Waals surface area contributed by atoms with Gasteiger partial charge in [0.05, 0.1) is 10.8 Å². The summed E-state index contributed by atoms with van der Waals surface area (Å²) in [6.45, 7) is 0. The molecule has 0 atom stereocenters. The number of hydrogen-bond acceptors (Lipinski definition) is 3. The first-order valence-electron chi connectivity index (χ1n) is 3.24. The van der Waals surface area contributed by atoms with Gasteiger partial charge in [0.2, 0.25) is 5.91 Å². The van der Waals surface area contributed by atoms with Crippen molar-refractivity contribution in [2.24, 2.45) is 0 Å². The van der Waals surface area contributed by atoms with Crippen LogP contribution < -0.4 is 5.32 Å². The Hall–Kier alpha value is -0.740. The molecule has 1 aromatic rings. The summed E-state index contributed by atoms with van der Waals surface area (Å²) in [5, 5.41) is 3.07. The fraction of sp³-hybridized carbons (Fsp3) is 0.143. The minimum absolute atomic E-state index is 0.143. The quantitative estimate of drug-likeness (QED) is 0.716. The van der Waals surface area contributed by atoms with Gasteiger partial charge in [-0.05, 0) is 12.1 Å². The highest BCUT2D eigenvalue weighted by molar-refractivity contribution is 7.81. The highest BCUT2D eigenvalue weighted by Crippen LogP contribution is 2.09. The van der Waals surface area contributed by atoms with Crippen LogP contribution in [0.25, 0.3) is 0 Å². The van der Waals surface area contributed by atoms with Gasteiger partial charge in [-0.1, -0.05) is 11.6 Å². The second-order valence-electron chi connectivity index (χ2n) is 2.07. The van der Waals surface area contributed by atoms with Crippen molar-refractivity contribution < 1.29 is 4.79 Å². The van der Waals surface area contributed by atoms with Gasteiger partial charge in [-0.2, -0.15) is 12.6 Å². The molecule has 0 radical (unpaired) electrons. The molecule has 0 bridgehead atoms. The molecule has 0 aliphatic rings. The Kier molecular flexibility index (Phi) is 3.37. The van der Waals surface area contributed by atoms with E-state index in [4.69, 9.17) is 11.6 Å². The highest BCUT2D eigenvalue weighted by Gasteiger charge is 1.98. The minimum Gasteiger partial charge on any atom is -0.310 e. The lowest BCUT2D eigenvalue weighted by atomic mass is 10.4. The van der Waals surface area contributed by atoms with Crippen molar-refractivity contribution in [3.8, 4) is 0 Å². The molecule has 0 aliphatic heterocycles. The van der Waals surface area contributed by atoms with Crippen LogP contribution in [-0.4, -0.2) is 16.6 Å². The Morgan fingerprint density at radius 2 is 2.42 bits per heavy atom. The summed E-state index contributed by atoms with van der Waals surface area (Å²) in [5.74, 6) is 0.441. The molecule has 0 saturated heterocycles. The fourth-order valence-electron chi connectivity index (χ4n) is 0.632. The van der Waals surface area contributed by atoms with Gasteiger partial charge in [-0.25, -0.2) is 4.98 Å². The molecule has 0 saturated carbocycles. The number of halogens is 1. The number of nitrogens with zero attached hydrogens (tertiary/aromatic N) is 1. The first-order valence-corrected chi connectivity index (χ1v) is 4.25. The van der Waals surface area contributed by atoms with Gasteiger partial charge in [0.15, 0.2) is 0 Å². The standard InChI is InChI=1S/C7H7ClN2OS/c8-5-1-2-6(9-3-5)10-7(11)4-12/h1-3,12H,4H2,(H,9,10,11). The number of amides is 1. The van der Waals surface area contributed by atoms with Gasteiger partial charge in [-0.15, -0.1) is 0 Å². The summed E-state index contributed by atoms with van der Waals surface area (Å²) in [4.78, 5) is 14.7. The lowest BCUT2D eigenvalue weighted by Gasteiger charge is -2.00. The number of pyridine rings is 1. The van der Waals surface area contributed by atoms with E-state index in [1.165, 1.54) is 6.20 Å². The first-order chi connectivity index (χ1) is 5.72. The zero-order valence-electron chi connectivity index (χ0n) is 6.12. The van der Waals surface area contributed by atoms with Crippen molar-refractivity contribution in [3.05, 3.63) is 23.4 Å². The number of nitrogens with one attached hydrogen (secondary N) is 1. The summed E-state index contributed by atoms with van der Waals surface area (Å²) in [7, 11) is 0. The Labute approximate surface area is 80.6 Å². The molecule has 1 heterocycles. The van der Waals surface area contributed by atoms with Crippen LogP contribution in [0.2, 0.25) is 5.02 Å². The zero-order valence-corrected chi connectivity index (χ0v) is 7.77. The van der Waals surface area contributed by atoms with Gasteiger partial charge in [-0.3, -0.25) is 4.79 Å². The monoisotopic (exact) mass is 202 g/mol. The Balaban J connectivity index is 2.64. The maximum absolute atomic E-state index is 10.8. The van der Waals surface area contributed by atoms with Gasteiger partial charge in [0.25, 0.3) is 0 Å². The molecule has 3 nitrogen and oxygen atoms in total. The summed E-state index contributed by atoms with van der Waals surface area (Å²) < 4.78 is 0. The molecule has 1 aromatic heterocycles. The summed E-state index contributed by atoms with van der Waals surface area (Å²) in [5.41, 5.74) is 0. The lowest BCUT2D eigenvalue weighted by Crippen LogP contribution is -2.13. The molecule has 1 N–H and O–H groups in total. The van der Waals surface area contributed by atoms with Crippen molar-refractivity contribution in [2.75, 3.05) is 11.1 Å². The molecule has 1 amide bonds. The van der Waals surface area contributed by atoms with E-state index in [1.54, 1.807) is 12.1 Å². The number of aromatic nitrogens is 1. The Morgan fingerprint density at radius 3 is 2.92 bits per heavy atom. The predicted molar refractivity (Wildman–Crippen MR) is 51.7 cm³/mol. The summed E-state index contributed by atoms with van der Waals surface area (Å²) in [6.07, 6.45) is 1.47. The first kappa shape index (κ1) is 9.35. The van der Waals surface area contributed by atoms with E-state index in [0.717, 1.165) is 0 Å². The number of carbonyl (C=O) groups excluding carboxylic acids is 1. The molecule has 0 aromatic carbocycles. The van der Waals surface area contributed by atoms with Crippen molar-refractivity contribution in [1.82, 2.24) is 4.98 Å². The average Bonchev–Trinajstić information content (AvgIpc) is 2.09. The van der Waals surface area contributed by atoms with Crippen LogP contribution in [0.3, 0.4) is 0 Å². The number of rotatable bonds is 2. The van der Waals surface area contributed by atoms with Gasteiger partial charge in [0.1, 0.15) is 5.82 Å². The average molecular weight is 203 g/mol. The topological polar surface area (TPSA) is 42.0 Å². The SMILES string of the molecule is O=C(CS)Nc1ccc(Cl)cn1. The Morgan fingerprint density at radius 1 is 1.67 bits per heavy atom. The molecule has 0 aliphatic carbocycles. The number of carbonyl (C=O) groups is 1. The van der Waals surface area contributed by atoms with Crippen molar-refractivity contribution in [2.45, 2.75) is 0 Å². The van der Waals surface area contributed by atoms with E-state index in [-0.39, 0.29) is 11.7 Å². The molecular formula is C7H7ClN2OS.